The van der Waals surface area contributed by atoms with Gasteiger partial charge in [0, 0.05) is 17.1 Å². The molecule has 4 aromatic rings. The minimum Gasteiger partial charge on any atom is -0.467 e. The molecule has 2 aromatic carbocycles. The molecule has 0 N–H and O–H groups in total. The molecule has 0 spiro atoms. The van der Waals surface area contributed by atoms with Gasteiger partial charge in [0.1, 0.15) is 5.76 Å². The Morgan fingerprint density at radius 1 is 1.04 bits per heavy atom. The van der Waals surface area contributed by atoms with Crippen molar-refractivity contribution in [1.82, 2.24) is 4.98 Å². The quantitative estimate of drug-likeness (QED) is 0.383. The molecule has 0 saturated heterocycles. The largest absolute Gasteiger partial charge is 0.467 e. The van der Waals surface area contributed by atoms with Gasteiger partial charge in [-0.05, 0) is 36.4 Å². The summed E-state index contributed by atoms with van der Waals surface area (Å²) in [4.78, 5) is 20.5. The Morgan fingerprint density at radius 2 is 1.85 bits per heavy atom. The lowest BCUT2D eigenvalue weighted by molar-refractivity contribution is -0.118. The van der Waals surface area contributed by atoms with Crippen LogP contribution < -0.4 is 4.90 Å². The van der Waals surface area contributed by atoms with Crippen molar-refractivity contribution in [1.29, 1.82) is 0 Å². The van der Waals surface area contributed by atoms with Crippen LogP contribution >= 0.6 is 23.1 Å². The number of anilines is 1. The van der Waals surface area contributed by atoms with Gasteiger partial charge in [-0.15, -0.1) is 11.8 Å². The van der Waals surface area contributed by atoms with Gasteiger partial charge >= 0.3 is 0 Å². The molecule has 2 aromatic heterocycles. The Kier molecular flexibility index (Phi) is 5.55. The average molecular weight is 395 g/mol. The molecule has 0 aliphatic carbocycles. The number of rotatable bonds is 7. The molecular weight excluding hydrogens is 376 g/mol. The maximum atomic E-state index is 13.0. The first-order valence-electron chi connectivity index (χ1n) is 8.66. The van der Waals surface area contributed by atoms with E-state index in [1.165, 1.54) is 16.2 Å². The molecule has 0 atom stereocenters. The molecule has 27 heavy (non-hydrogen) atoms. The van der Waals surface area contributed by atoms with E-state index in [-0.39, 0.29) is 5.91 Å². The molecule has 0 aliphatic heterocycles. The van der Waals surface area contributed by atoms with Gasteiger partial charge in [-0.3, -0.25) is 9.69 Å². The number of nitrogens with zero attached hydrogens (tertiary/aromatic N) is 2. The number of thioether (sulfide) groups is 1. The van der Waals surface area contributed by atoms with E-state index in [9.17, 15) is 4.79 Å². The van der Waals surface area contributed by atoms with Gasteiger partial charge in [0.05, 0.1) is 23.0 Å². The van der Waals surface area contributed by atoms with Crippen molar-refractivity contribution >= 4 is 44.4 Å². The number of furan rings is 1. The monoisotopic (exact) mass is 394 g/mol. The summed E-state index contributed by atoms with van der Waals surface area (Å²) in [6.07, 6.45) is 2.07. The fraction of sp³-hybridized carbons (Fsp3) is 0.143. The predicted octanol–water partition coefficient (Wildman–Crippen LogP) is 5.60. The number of thiazole rings is 1. The van der Waals surface area contributed by atoms with E-state index in [1.807, 2.05) is 54.6 Å². The Labute approximate surface area is 165 Å². The summed E-state index contributed by atoms with van der Waals surface area (Å²) in [5.74, 6) is 1.52. The van der Waals surface area contributed by atoms with Gasteiger partial charge in [-0.25, -0.2) is 4.98 Å². The van der Waals surface area contributed by atoms with Crippen LogP contribution in [0.3, 0.4) is 0 Å². The third-order valence-corrected chi connectivity index (χ3v) is 6.11. The highest BCUT2D eigenvalue weighted by atomic mass is 32.2. The molecule has 0 radical (unpaired) electrons. The lowest BCUT2D eigenvalue weighted by atomic mass is 10.3. The Hall–Kier alpha value is -2.57. The highest BCUT2D eigenvalue weighted by Gasteiger charge is 2.21. The maximum absolute atomic E-state index is 13.0. The summed E-state index contributed by atoms with van der Waals surface area (Å²) in [5, 5.41) is 0.710. The van der Waals surface area contributed by atoms with Crippen LogP contribution in [0, 0.1) is 0 Å². The number of amides is 1. The topological polar surface area (TPSA) is 46.3 Å². The van der Waals surface area contributed by atoms with Crippen LogP contribution in [0.15, 0.2) is 82.3 Å². The zero-order chi connectivity index (χ0) is 18.5. The van der Waals surface area contributed by atoms with Crippen molar-refractivity contribution in [3.63, 3.8) is 0 Å². The molecule has 1 amide bonds. The van der Waals surface area contributed by atoms with E-state index in [0.29, 0.717) is 18.1 Å². The van der Waals surface area contributed by atoms with E-state index in [1.54, 1.807) is 22.9 Å². The van der Waals surface area contributed by atoms with Gasteiger partial charge in [0.15, 0.2) is 5.13 Å². The molecule has 0 fully saturated rings. The summed E-state index contributed by atoms with van der Waals surface area (Å²) >= 11 is 3.22. The zero-order valence-corrected chi connectivity index (χ0v) is 16.2. The molecule has 4 nitrogen and oxygen atoms in total. The summed E-state index contributed by atoms with van der Waals surface area (Å²) in [6.45, 7) is 0.391. The van der Waals surface area contributed by atoms with Crippen LogP contribution in [0.1, 0.15) is 12.2 Å². The van der Waals surface area contributed by atoms with Gasteiger partial charge in [-0.2, -0.15) is 0 Å². The number of fused-ring (bicyclic) bond motifs is 1. The van der Waals surface area contributed by atoms with Crippen molar-refractivity contribution < 1.29 is 9.21 Å². The highest BCUT2D eigenvalue weighted by molar-refractivity contribution is 7.99. The smallest absolute Gasteiger partial charge is 0.230 e. The van der Waals surface area contributed by atoms with E-state index in [4.69, 9.17) is 4.42 Å². The summed E-state index contributed by atoms with van der Waals surface area (Å²) in [7, 11) is 0. The van der Waals surface area contributed by atoms with Crippen LogP contribution in [0.4, 0.5) is 5.13 Å². The van der Waals surface area contributed by atoms with Crippen molar-refractivity contribution in [2.75, 3.05) is 10.7 Å². The lowest BCUT2D eigenvalue weighted by Gasteiger charge is -2.18. The average Bonchev–Trinajstić information content (AvgIpc) is 3.36. The van der Waals surface area contributed by atoms with Crippen LogP contribution in [0.2, 0.25) is 0 Å². The normalized spacial score (nSPS) is 11.0. The number of carbonyl (C=O) groups excluding carboxylic acids is 1. The van der Waals surface area contributed by atoms with Crippen molar-refractivity contribution in [2.45, 2.75) is 17.9 Å². The molecule has 0 bridgehead atoms. The second-order valence-corrected chi connectivity index (χ2v) is 8.11. The standard InChI is InChI=1S/C21H18N2O2S2/c24-20(12-14-26-17-8-2-1-3-9-17)23(15-16-7-6-13-25-16)21-22-18-10-4-5-11-19(18)27-21/h1-11,13H,12,14-15H2. The van der Waals surface area contributed by atoms with Crippen LogP contribution in [0.25, 0.3) is 10.2 Å². The number of hydrogen-bond acceptors (Lipinski definition) is 5. The molecule has 6 heteroatoms. The molecule has 0 saturated carbocycles. The minimum atomic E-state index is 0.0499. The fourth-order valence-electron chi connectivity index (χ4n) is 2.70. The van der Waals surface area contributed by atoms with Crippen molar-refractivity contribution in [2.24, 2.45) is 0 Å². The lowest BCUT2D eigenvalue weighted by Crippen LogP contribution is -2.30. The predicted molar refractivity (Wildman–Crippen MR) is 111 cm³/mol. The first-order chi connectivity index (χ1) is 13.3. The summed E-state index contributed by atoms with van der Waals surface area (Å²) < 4.78 is 6.53. The third-order valence-electron chi connectivity index (χ3n) is 4.04. The first kappa shape index (κ1) is 17.8. The maximum Gasteiger partial charge on any atom is 0.230 e. The number of hydrogen-bond donors (Lipinski definition) is 0. The van der Waals surface area contributed by atoms with E-state index >= 15 is 0 Å². The second-order valence-electron chi connectivity index (χ2n) is 5.93. The fourth-order valence-corrected chi connectivity index (χ4v) is 4.55. The van der Waals surface area contributed by atoms with Crippen molar-refractivity contribution in [3.8, 4) is 0 Å². The minimum absolute atomic E-state index is 0.0499. The SMILES string of the molecule is O=C(CCSc1ccccc1)N(Cc1ccco1)c1nc2ccccc2s1. The summed E-state index contributed by atoms with van der Waals surface area (Å²) in [5.41, 5.74) is 0.911. The Balaban J connectivity index is 1.51. The zero-order valence-electron chi connectivity index (χ0n) is 14.6. The highest BCUT2D eigenvalue weighted by Crippen LogP contribution is 2.30. The number of aromatic nitrogens is 1. The van der Waals surface area contributed by atoms with Gasteiger partial charge in [0.2, 0.25) is 5.91 Å². The van der Waals surface area contributed by atoms with Gasteiger partial charge < -0.3 is 4.42 Å². The third kappa shape index (κ3) is 4.40. The van der Waals surface area contributed by atoms with Crippen LogP contribution in [-0.2, 0) is 11.3 Å². The van der Waals surface area contributed by atoms with E-state index in [0.717, 1.165) is 21.7 Å². The van der Waals surface area contributed by atoms with E-state index in [2.05, 4.69) is 17.1 Å². The second kappa shape index (κ2) is 8.41. The molecule has 2 heterocycles. The van der Waals surface area contributed by atoms with Gasteiger partial charge in [-0.1, -0.05) is 41.7 Å². The number of carbonyl (C=O) groups is 1. The van der Waals surface area contributed by atoms with Crippen molar-refractivity contribution in [3.05, 3.63) is 78.8 Å². The molecule has 4 rings (SSSR count). The molecule has 0 aliphatic rings. The van der Waals surface area contributed by atoms with E-state index < -0.39 is 0 Å². The van der Waals surface area contributed by atoms with Crippen LogP contribution in [-0.4, -0.2) is 16.6 Å². The molecular formula is C21H18N2O2S2. The van der Waals surface area contributed by atoms with Gasteiger partial charge in [0.25, 0.3) is 0 Å². The number of para-hydroxylation sites is 1. The Morgan fingerprint density at radius 3 is 2.63 bits per heavy atom. The summed E-state index contributed by atoms with van der Waals surface area (Å²) in [6, 6.07) is 21.8. The number of benzene rings is 2. The Bertz CT molecular complexity index is 980. The molecule has 0 unspecified atom stereocenters. The molecule has 136 valence electrons. The first-order valence-corrected chi connectivity index (χ1v) is 10.5. The van der Waals surface area contributed by atoms with Crippen LogP contribution in [0.5, 0.6) is 0 Å².